The molecule has 5 nitrogen and oxygen atoms in total. The maximum Gasteiger partial charge on any atom is 0.320 e. The lowest BCUT2D eigenvalue weighted by molar-refractivity contribution is 0.511. The normalized spacial score (nSPS) is 10.4. The van der Waals surface area contributed by atoms with Gasteiger partial charge in [0, 0.05) is 10.7 Å². The highest BCUT2D eigenvalue weighted by Crippen LogP contribution is 2.25. The minimum Gasteiger partial charge on any atom is -0.406 e. The van der Waals surface area contributed by atoms with Gasteiger partial charge in [-0.2, -0.15) is 0 Å². The quantitative estimate of drug-likeness (QED) is 0.858. The molecule has 3 N–H and O–H groups in total. The molecule has 2 aromatic rings. The summed E-state index contributed by atoms with van der Waals surface area (Å²) in [5, 5.41) is 11.2. The van der Waals surface area contributed by atoms with Gasteiger partial charge in [-0.25, -0.2) is 0 Å². The predicted molar refractivity (Wildman–Crippen MR) is 61.7 cm³/mol. The van der Waals surface area contributed by atoms with Crippen LogP contribution in [0.4, 0.5) is 11.7 Å². The van der Waals surface area contributed by atoms with Crippen LogP contribution in [0.3, 0.4) is 0 Å². The molecule has 1 heterocycles. The number of rotatable bonds is 3. The van der Waals surface area contributed by atoms with Gasteiger partial charge in [0.25, 0.3) is 0 Å². The number of benzene rings is 1. The van der Waals surface area contributed by atoms with Gasteiger partial charge >= 0.3 is 6.01 Å². The number of halogens is 1. The van der Waals surface area contributed by atoms with E-state index in [2.05, 4.69) is 15.5 Å². The average Bonchev–Trinajstić information content (AvgIpc) is 2.73. The van der Waals surface area contributed by atoms with Gasteiger partial charge in [0.1, 0.15) is 0 Å². The van der Waals surface area contributed by atoms with E-state index in [-0.39, 0.29) is 6.54 Å². The van der Waals surface area contributed by atoms with Crippen molar-refractivity contribution >= 4 is 23.3 Å². The van der Waals surface area contributed by atoms with E-state index in [0.29, 0.717) is 16.9 Å². The molecule has 0 amide bonds. The number of nitrogens with two attached hydrogens (primary N) is 1. The predicted octanol–water partition coefficient (Wildman–Crippen LogP) is 2.23. The SMILES string of the molecule is Cc1c(Cl)cccc1Nc1nnc(CN)o1. The molecule has 0 saturated carbocycles. The van der Waals surface area contributed by atoms with Crippen molar-refractivity contribution in [3.05, 3.63) is 34.7 Å². The Balaban J connectivity index is 2.23. The molecule has 0 fully saturated rings. The third-order valence-electron chi connectivity index (χ3n) is 2.15. The summed E-state index contributed by atoms with van der Waals surface area (Å²) >= 11 is 5.99. The maximum absolute atomic E-state index is 5.99. The summed E-state index contributed by atoms with van der Waals surface area (Å²) < 4.78 is 5.23. The van der Waals surface area contributed by atoms with E-state index in [9.17, 15) is 0 Å². The lowest BCUT2D eigenvalue weighted by Crippen LogP contribution is -1.95. The lowest BCUT2D eigenvalue weighted by Gasteiger charge is -2.06. The minimum absolute atomic E-state index is 0.225. The Labute approximate surface area is 97.6 Å². The number of nitrogens with one attached hydrogen (secondary N) is 1. The van der Waals surface area contributed by atoms with Crippen molar-refractivity contribution in [3.63, 3.8) is 0 Å². The summed E-state index contributed by atoms with van der Waals surface area (Å²) in [4.78, 5) is 0. The fourth-order valence-electron chi connectivity index (χ4n) is 1.24. The molecule has 0 radical (unpaired) electrons. The zero-order chi connectivity index (χ0) is 11.5. The summed E-state index contributed by atoms with van der Waals surface area (Å²) in [6.07, 6.45) is 0. The van der Waals surface area contributed by atoms with Crippen LogP contribution in [0, 0.1) is 6.92 Å². The van der Waals surface area contributed by atoms with Gasteiger partial charge in [-0.3, -0.25) is 0 Å². The Morgan fingerprint density at radius 2 is 2.25 bits per heavy atom. The molecule has 1 aromatic carbocycles. The van der Waals surface area contributed by atoms with Gasteiger partial charge in [-0.1, -0.05) is 22.8 Å². The Bertz CT molecular complexity index is 497. The van der Waals surface area contributed by atoms with Gasteiger partial charge < -0.3 is 15.5 Å². The van der Waals surface area contributed by atoms with E-state index in [4.69, 9.17) is 21.8 Å². The smallest absolute Gasteiger partial charge is 0.320 e. The summed E-state index contributed by atoms with van der Waals surface area (Å²) in [5.74, 6) is 0.391. The Morgan fingerprint density at radius 3 is 2.94 bits per heavy atom. The van der Waals surface area contributed by atoms with Gasteiger partial charge in [0.05, 0.1) is 6.54 Å². The topological polar surface area (TPSA) is 77.0 Å². The first kappa shape index (κ1) is 10.9. The van der Waals surface area contributed by atoms with Gasteiger partial charge in [-0.15, -0.1) is 5.10 Å². The van der Waals surface area contributed by atoms with E-state index < -0.39 is 0 Å². The molecule has 0 unspecified atom stereocenters. The molecule has 0 aliphatic carbocycles. The number of aromatic nitrogens is 2. The van der Waals surface area contributed by atoms with Crippen LogP contribution in [0.1, 0.15) is 11.5 Å². The second-order valence-electron chi connectivity index (χ2n) is 3.24. The van der Waals surface area contributed by atoms with Crippen LogP contribution in [-0.2, 0) is 6.54 Å². The number of hydrogen-bond donors (Lipinski definition) is 2. The molecule has 1 aromatic heterocycles. The molecule has 0 spiro atoms. The molecular formula is C10H11ClN4O. The van der Waals surface area contributed by atoms with Crippen LogP contribution in [0.5, 0.6) is 0 Å². The highest BCUT2D eigenvalue weighted by atomic mass is 35.5. The standard InChI is InChI=1S/C10H11ClN4O/c1-6-7(11)3-2-4-8(6)13-10-15-14-9(5-12)16-10/h2-4H,5,12H2,1H3,(H,13,15). The number of anilines is 2. The zero-order valence-electron chi connectivity index (χ0n) is 8.70. The largest absolute Gasteiger partial charge is 0.406 e. The van der Waals surface area contributed by atoms with E-state index in [1.807, 2.05) is 25.1 Å². The fraction of sp³-hybridized carbons (Fsp3) is 0.200. The molecule has 0 saturated heterocycles. The molecule has 0 aliphatic rings. The molecule has 84 valence electrons. The maximum atomic E-state index is 5.99. The molecule has 0 atom stereocenters. The third kappa shape index (κ3) is 2.15. The van der Waals surface area contributed by atoms with Crippen molar-refractivity contribution < 1.29 is 4.42 Å². The number of hydrogen-bond acceptors (Lipinski definition) is 5. The molecule has 0 bridgehead atoms. The van der Waals surface area contributed by atoms with E-state index in [1.54, 1.807) is 0 Å². The summed E-state index contributed by atoms with van der Waals surface area (Å²) in [5.41, 5.74) is 7.13. The highest BCUT2D eigenvalue weighted by Gasteiger charge is 2.07. The minimum atomic E-state index is 0.225. The Morgan fingerprint density at radius 1 is 1.44 bits per heavy atom. The van der Waals surface area contributed by atoms with Crippen LogP contribution < -0.4 is 11.1 Å². The van der Waals surface area contributed by atoms with Crippen molar-refractivity contribution in [2.45, 2.75) is 13.5 Å². The van der Waals surface area contributed by atoms with Crippen LogP contribution in [-0.4, -0.2) is 10.2 Å². The Kier molecular flexibility index (Phi) is 3.07. The van der Waals surface area contributed by atoms with Crippen molar-refractivity contribution in [1.82, 2.24) is 10.2 Å². The average molecular weight is 239 g/mol. The monoisotopic (exact) mass is 238 g/mol. The van der Waals surface area contributed by atoms with Crippen molar-refractivity contribution in [1.29, 1.82) is 0 Å². The molecule has 2 rings (SSSR count). The summed E-state index contributed by atoms with van der Waals surface area (Å²) in [7, 11) is 0. The summed E-state index contributed by atoms with van der Waals surface area (Å²) in [6.45, 7) is 2.13. The van der Waals surface area contributed by atoms with E-state index >= 15 is 0 Å². The van der Waals surface area contributed by atoms with E-state index in [0.717, 1.165) is 11.3 Å². The van der Waals surface area contributed by atoms with E-state index in [1.165, 1.54) is 0 Å². The van der Waals surface area contributed by atoms with Gasteiger partial charge in [-0.05, 0) is 24.6 Å². The van der Waals surface area contributed by atoms with Gasteiger partial charge in [0.15, 0.2) is 0 Å². The summed E-state index contributed by atoms with van der Waals surface area (Å²) in [6, 6.07) is 5.86. The third-order valence-corrected chi connectivity index (χ3v) is 2.56. The number of nitrogens with zero attached hydrogens (tertiary/aromatic N) is 2. The first-order chi connectivity index (χ1) is 7.70. The van der Waals surface area contributed by atoms with Crippen LogP contribution in [0.25, 0.3) is 0 Å². The van der Waals surface area contributed by atoms with Gasteiger partial charge in [0.2, 0.25) is 5.89 Å². The van der Waals surface area contributed by atoms with Crippen LogP contribution in [0.15, 0.2) is 22.6 Å². The molecule has 16 heavy (non-hydrogen) atoms. The van der Waals surface area contributed by atoms with Crippen LogP contribution in [0.2, 0.25) is 5.02 Å². The first-order valence-corrected chi connectivity index (χ1v) is 5.13. The fourth-order valence-corrected chi connectivity index (χ4v) is 1.42. The lowest BCUT2D eigenvalue weighted by atomic mass is 10.2. The van der Waals surface area contributed by atoms with Crippen molar-refractivity contribution in [2.75, 3.05) is 5.32 Å². The molecule has 6 heteroatoms. The van der Waals surface area contributed by atoms with Crippen LogP contribution >= 0.6 is 11.6 Å². The Hall–Kier alpha value is -1.59. The second-order valence-corrected chi connectivity index (χ2v) is 3.65. The molecular weight excluding hydrogens is 228 g/mol. The second kappa shape index (κ2) is 4.51. The van der Waals surface area contributed by atoms with Crippen molar-refractivity contribution in [3.8, 4) is 0 Å². The van der Waals surface area contributed by atoms with Crippen molar-refractivity contribution in [2.24, 2.45) is 5.73 Å². The first-order valence-electron chi connectivity index (χ1n) is 4.75. The highest BCUT2D eigenvalue weighted by molar-refractivity contribution is 6.31. The zero-order valence-corrected chi connectivity index (χ0v) is 9.45. The molecule has 0 aliphatic heterocycles.